The molecule has 438 valence electrons. The topological polar surface area (TPSA) is 175 Å². The maximum absolute atomic E-state index is 13.2. The Bertz CT molecular complexity index is 1710. The lowest BCUT2D eigenvalue weighted by Gasteiger charge is -2.40. The zero-order chi connectivity index (χ0) is 56.1. The molecule has 3 N–H and O–H groups in total. The number of carboxylic acid groups (broad SMARTS) is 1. The highest BCUT2D eigenvalue weighted by molar-refractivity contribution is 5.74. The normalized spacial score (nSPS) is 18.7. The largest absolute Gasteiger partial charge is 0.479 e. The van der Waals surface area contributed by atoms with Crippen LogP contribution < -0.4 is 0 Å². The molecule has 1 aliphatic rings. The quantitative estimate of drug-likeness (QED) is 0.0228. The summed E-state index contributed by atoms with van der Waals surface area (Å²) >= 11 is 0. The van der Waals surface area contributed by atoms with Gasteiger partial charge >= 0.3 is 23.9 Å². The molecule has 6 atom stereocenters. The van der Waals surface area contributed by atoms with Crippen LogP contribution >= 0.6 is 0 Å². The average molecular weight is 1080 g/mol. The van der Waals surface area contributed by atoms with Crippen LogP contribution in [0.3, 0.4) is 0 Å². The van der Waals surface area contributed by atoms with Crippen molar-refractivity contribution in [2.45, 2.75) is 276 Å². The summed E-state index contributed by atoms with van der Waals surface area (Å²) in [5.41, 5.74) is 0. The number of esters is 3. The summed E-state index contributed by atoms with van der Waals surface area (Å²) in [7, 11) is 0. The van der Waals surface area contributed by atoms with E-state index in [2.05, 4.69) is 99.8 Å². The highest BCUT2D eigenvalue weighted by atomic mass is 16.7. The molecule has 0 aromatic heterocycles. The van der Waals surface area contributed by atoms with Gasteiger partial charge in [0.15, 0.2) is 24.6 Å². The Balaban J connectivity index is 2.73. The van der Waals surface area contributed by atoms with E-state index in [9.17, 15) is 34.5 Å². The van der Waals surface area contributed by atoms with Crippen molar-refractivity contribution >= 4 is 23.9 Å². The van der Waals surface area contributed by atoms with Crippen molar-refractivity contribution in [3.8, 4) is 0 Å². The SMILES string of the molecule is CC/C=C\C/C=C\C/C=C\C/C=C\CCC(=O)OC1C(OCC(COC(=O)CCCCCCCC/C=C\C/C=C\C/C=C\CCCCC)OC(=O)CCCCCCC/C=C\CCCCCCCC)OC(C(=O)O)C(O)C1O. The third-order valence-electron chi connectivity index (χ3n) is 13.1. The molecule has 12 nitrogen and oxygen atoms in total. The highest BCUT2D eigenvalue weighted by Gasteiger charge is 2.50. The van der Waals surface area contributed by atoms with Gasteiger partial charge in [0.25, 0.3) is 0 Å². The number of aliphatic carboxylic acids is 1. The van der Waals surface area contributed by atoms with Gasteiger partial charge in [0.1, 0.15) is 18.8 Å². The molecule has 1 rings (SSSR count). The lowest BCUT2D eigenvalue weighted by molar-refractivity contribution is -0.301. The van der Waals surface area contributed by atoms with Crippen LogP contribution in [0, 0.1) is 0 Å². The molecule has 1 heterocycles. The molecule has 0 saturated carbocycles. The molecule has 1 saturated heterocycles. The fraction of sp³-hybridized carbons (Fsp3) is 0.692. The summed E-state index contributed by atoms with van der Waals surface area (Å²) in [5, 5.41) is 31.4. The van der Waals surface area contributed by atoms with Crippen molar-refractivity contribution in [1.82, 2.24) is 0 Å². The number of ether oxygens (including phenoxy) is 5. The second kappa shape index (κ2) is 52.3. The predicted molar refractivity (Wildman–Crippen MR) is 312 cm³/mol. The molecular formula is C65H106O12. The third-order valence-corrected chi connectivity index (χ3v) is 13.1. The fourth-order valence-electron chi connectivity index (χ4n) is 8.50. The van der Waals surface area contributed by atoms with Gasteiger partial charge in [-0.25, -0.2) is 4.79 Å². The zero-order valence-electron chi connectivity index (χ0n) is 48.2. The maximum Gasteiger partial charge on any atom is 0.335 e. The van der Waals surface area contributed by atoms with E-state index in [-0.39, 0.29) is 25.9 Å². The van der Waals surface area contributed by atoms with Crippen LogP contribution in [0.2, 0.25) is 0 Å². The number of hydrogen-bond acceptors (Lipinski definition) is 11. The minimum absolute atomic E-state index is 0.0665. The van der Waals surface area contributed by atoms with Crippen LogP contribution in [0.15, 0.2) is 97.2 Å². The molecule has 77 heavy (non-hydrogen) atoms. The number of hydrogen-bond donors (Lipinski definition) is 3. The summed E-state index contributed by atoms with van der Waals surface area (Å²) in [6, 6.07) is 0. The van der Waals surface area contributed by atoms with Gasteiger partial charge in [-0.1, -0.05) is 208 Å². The van der Waals surface area contributed by atoms with Crippen molar-refractivity contribution in [3.63, 3.8) is 0 Å². The Hall–Kier alpha value is -4.36. The molecular weight excluding hydrogens is 973 g/mol. The second-order valence-corrected chi connectivity index (χ2v) is 20.2. The Labute approximate surface area is 466 Å². The number of carbonyl (C=O) groups is 4. The Morgan fingerprint density at radius 1 is 0.442 bits per heavy atom. The maximum atomic E-state index is 13.2. The number of unbranched alkanes of at least 4 members (excludes halogenated alkanes) is 20. The van der Waals surface area contributed by atoms with Crippen molar-refractivity contribution < 1.29 is 58.2 Å². The van der Waals surface area contributed by atoms with E-state index in [0.29, 0.717) is 25.7 Å². The van der Waals surface area contributed by atoms with Gasteiger partial charge < -0.3 is 39.0 Å². The number of carboxylic acids is 1. The number of aliphatic hydroxyl groups is 2. The number of carbonyl (C=O) groups excluding carboxylic acids is 3. The van der Waals surface area contributed by atoms with E-state index >= 15 is 0 Å². The van der Waals surface area contributed by atoms with Crippen molar-refractivity contribution in [3.05, 3.63) is 97.2 Å². The van der Waals surface area contributed by atoms with Crippen molar-refractivity contribution in [2.24, 2.45) is 0 Å². The number of aliphatic hydroxyl groups excluding tert-OH is 2. The van der Waals surface area contributed by atoms with Crippen molar-refractivity contribution in [1.29, 1.82) is 0 Å². The second-order valence-electron chi connectivity index (χ2n) is 20.2. The number of allylic oxidation sites excluding steroid dienone is 16. The zero-order valence-corrected chi connectivity index (χ0v) is 48.2. The molecule has 0 radical (unpaired) electrons. The molecule has 0 aliphatic carbocycles. The molecule has 0 aromatic rings. The van der Waals surface area contributed by atoms with E-state index in [4.69, 9.17) is 23.7 Å². The van der Waals surface area contributed by atoms with E-state index in [1.165, 1.54) is 64.2 Å². The van der Waals surface area contributed by atoms with Crippen LogP contribution in [-0.2, 0) is 42.9 Å². The molecule has 0 bridgehead atoms. The molecule has 0 spiro atoms. The van der Waals surface area contributed by atoms with Gasteiger partial charge in [-0.3, -0.25) is 14.4 Å². The molecule has 1 aliphatic heterocycles. The monoisotopic (exact) mass is 1080 g/mol. The van der Waals surface area contributed by atoms with Gasteiger partial charge in [-0.05, 0) is 109 Å². The summed E-state index contributed by atoms with van der Waals surface area (Å²) in [4.78, 5) is 51.1. The lowest BCUT2D eigenvalue weighted by atomic mass is 9.98. The number of rotatable bonds is 50. The summed E-state index contributed by atoms with van der Waals surface area (Å²) in [5.74, 6) is -3.26. The first-order chi connectivity index (χ1) is 37.6. The minimum atomic E-state index is -1.93. The minimum Gasteiger partial charge on any atom is -0.479 e. The Morgan fingerprint density at radius 2 is 0.844 bits per heavy atom. The van der Waals surface area contributed by atoms with E-state index in [1.54, 1.807) is 0 Å². The van der Waals surface area contributed by atoms with Crippen LogP contribution in [0.25, 0.3) is 0 Å². The third kappa shape index (κ3) is 42.3. The Morgan fingerprint density at radius 3 is 1.34 bits per heavy atom. The van der Waals surface area contributed by atoms with Gasteiger partial charge in [-0.15, -0.1) is 0 Å². The van der Waals surface area contributed by atoms with E-state index in [0.717, 1.165) is 109 Å². The van der Waals surface area contributed by atoms with Gasteiger partial charge in [0.2, 0.25) is 0 Å². The van der Waals surface area contributed by atoms with E-state index in [1.807, 2.05) is 18.2 Å². The predicted octanol–water partition coefficient (Wildman–Crippen LogP) is 15.7. The molecule has 6 unspecified atom stereocenters. The summed E-state index contributed by atoms with van der Waals surface area (Å²) in [6.07, 6.45) is 56.8. The molecule has 1 fully saturated rings. The van der Waals surface area contributed by atoms with Crippen LogP contribution in [0.5, 0.6) is 0 Å². The van der Waals surface area contributed by atoms with Crippen LogP contribution in [0.1, 0.15) is 239 Å². The van der Waals surface area contributed by atoms with Crippen LogP contribution in [-0.4, -0.2) is 89.2 Å². The fourth-order valence-corrected chi connectivity index (χ4v) is 8.50. The smallest absolute Gasteiger partial charge is 0.335 e. The molecule has 0 amide bonds. The van der Waals surface area contributed by atoms with Crippen molar-refractivity contribution in [2.75, 3.05) is 13.2 Å². The Kier molecular flexibility index (Phi) is 48.0. The average Bonchev–Trinajstić information content (AvgIpc) is 3.42. The highest BCUT2D eigenvalue weighted by Crippen LogP contribution is 2.26. The van der Waals surface area contributed by atoms with Gasteiger partial charge in [0, 0.05) is 19.3 Å². The lowest BCUT2D eigenvalue weighted by Crippen LogP contribution is -2.61. The molecule has 12 heteroatoms. The molecule has 0 aromatic carbocycles. The first kappa shape index (κ1) is 70.7. The summed E-state index contributed by atoms with van der Waals surface area (Å²) < 4.78 is 28.3. The first-order valence-corrected chi connectivity index (χ1v) is 30.2. The van der Waals surface area contributed by atoms with Gasteiger partial charge in [-0.2, -0.15) is 0 Å². The van der Waals surface area contributed by atoms with Gasteiger partial charge in [0.05, 0.1) is 6.61 Å². The first-order valence-electron chi connectivity index (χ1n) is 30.2. The van der Waals surface area contributed by atoms with E-state index < -0.39 is 67.3 Å². The standard InChI is InChI=1S/C65H106O12/c1-4-7-10-13-16-19-22-25-27-28-29-30-32-34-36-39-42-45-48-51-57(66)73-54-56(75-58(67)52-49-46-43-40-38-35-31-26-23-20-17-14-11-8-5-2)55-74-65-63(61(70)60(69)62(77-65)64(71)72)76-59(68)53-50-47-44-41-37-33-24-21-18-15-12-9-6-3/h9,12,16,18-19,21,25-27,29-31,33,37,44,47,56,60-63,65,69-70H,4-8,10-11,13-15,17,20,22-24,28,32,34-36,38-43,45-46,48-55H2,1-3H3,(H,71,72)/b12-9-,19-16-,21-18-,27-25-,30-29-,31-26-,37-33-,47-44-. The van der Waals surface area contributed by atoms with Crippen LogP contribution in [0.4, 0.5) is 0 Å². The summed E-state index contributed by atoms with van der Waals surface area (Å²) in [6.45, 7) is 5.79.